The molecule has 94 valence electrons. The lowest BCUT2D eigenvalue weighted by molar-refractivity contribution is 0.414. The Bertz CT molecular complexity index is 490. The molecule has 0 bridgehead atoms. The number of hydrogen-bond acceptors (Lipinski definition) is 5. The molecule has 0 amide bonds. The minimum atomic E-state index is -3.86. The highest BCUT2D eigenvalue weighted by Gasteiger charge is 2.13. The number of guanidine groups is 1. The van der Waals surface area contributed by atoms with Crippen LogP contribution in [0.25, 0.3) is 0 Å². The van der Waals surface area contributed by atoms with Crippen molar-refractivity contribution in [1.29, 1.82) is 0 Å². The molecule has 0 radical (unpaired) electrons. The first-order chi connectivity index (χ1) is 8.03. The summed E-state index contributed by atoms with van der Waals surface area (Å²) in [6, 6.07) is 5.74. The number of ether oxygens (including phenoxy) is 1. The van der Waals surface area contributed by atoms with E-state index in [1.54, 1.807) is 0 Å². The molecule has 9 heteroatoms. The third-order valence-corrected chi connectivity index (χ3v) is 3.13. The topological polar surface area (TPSA) is 132 Å². The Morgan fingerprint density at radius 1 is 1.24 bits per heavy atom. The van der Waals surface area contributed by atoms with Crippen LogP contribution in [-0.4, -0.2) is 21.5 Å². The summed E-state index contributed by atoms with van der Waals surface area (Å²) in [7, 11) is -2.38. The number of methoxy groups -OCH3 is 1. The molecular formula is C8H13N5O3S. The molecule has 0 saturated heterocycles. The number of sulfonamides is 1. The van der Waals surface area contributed by atoms with Gasteiger partial charge in [-0.1, -0.05) is 0 Å². The maximum atomic E-state index is 11.7. The number of nitrogens with zero attached hydrogens (tertiary/aromatic N) is 1. The van der Waals surface area contributed by atoms with E-state index in [1.165, 1.54) is 31.4 Å². The summed E-state index contributed by atoms with van der Waals surface area (Å²) in [6.07, 6.45) is 0. The Hall–Kier alpha value is -1.84. The van der Waals surface area contributed by atoms with Crippen LogP contribution in [0.5, 0.6) is 5.75 Å². The van der Waals surface area contributed by atoms with E-state index >= 15 is 0 Å². The second kappa shape index (κ2) is 5.48. The summed E-state index contributed by atoms with van der Waals surface area (Å²) in [6.45, 7) is 0. The lowest BCUT2D eigenvalue weighted by atomic mass is 10.3. The van der Waals surface area contributed by atoms with Gasteiger partial charge < -0.3 is 4.74 Å². The van der Waals surface area contributed by atoms with Crippen LogP contribution in [0.15, 0.2) is 33.6 Å². The molecule has 0 heterocycles. The van der Waals surface area contributed by atoms with Crippen LogP contribution in [0.4, 0.5) is 0 Å². The van der Waals surface area contributed by atoms with E-state index < -0.39 is 10.0 Å². The Morgan fingerprint density at radius 2 is 1.76 bits per heavy atom. The van der Waals surface area contributed by atoms with Crippen LogP contribution >= 0.6 is 0 Å². The molecular weight excluding hydrogens is 246 g/mol. The van der Waals surface area contributed by atoms with Gasteiger partial charge in [-0.25, -0.2) is 11.7 Å². The monoisotopic (exact) mass is 259 g/mol. The lowest BCUT2D eigenvalue weighted by Crippen LogP contribution is -2.45. The van der Waals surface area contributed by atoms with Gasteiger partial charge in [0.1, 0.15) is 5.75 Å². The predicted molar refractivity (Wildman–Crippen MR) is 62.3 cm³/mol. The largest absolute Gasteiger partial charge is 0.497 e. The van der Waals surface area contributed by atoms with E-state index in [0.717, 1.165) is 0 Å². The summed E-state index contributed by atoms with van der Waals surface area (Å²) in [5, 5.41) is 0. The molecule has 6 N–H and O–H groups in total. The maximum absolute atomic E-state index is 11.7. The van der Waals surface area contributed by atoms with Gasteiger partial charge in [0.2, 0.25) is 5.96 Å². The first kappa shape index (κ1) is 13.2. The molecule has 0 saturated carbocycles. The van der Waals surface area contributed by atoms with Crippen molar-refractivity contribution in [3.63, 3.8) is 0 Å². The fourth-order valence-electron chi connectivity index (χ4n) is 1.01. The number of rotatable bonds is 3. The van der Waals surface area contributed by atoms with Gasteiger partial charge in [0.05, 0.1) is 12.0 Å². The van der Waals surface area contributed by atoms with Crippen molar-refractivity contribution >= 4 is 16.0 Å². The zero-order valence-corrected chi connectivity index (χ0v) is 9.86. The summed E-state index contributed by atoms with van der Waals surface area (Å²) in [4.78, 5) is 0.00120. The molecule has 0 unspecified atom stereocenters. The first-order valence-corrected chi connectivity index (χ1v) is 5.89. The molecule has 0 aliphatic rings. The molecule has 0 aliphatic heterocycles. The van der Waals surface area contributed by atoms with Crippen molar-refractivity contribution in [2.45, 2.75) is 4.90 Å². The van der Waals surface area contributed by atoms with Crippen LogP contribution in [0.2, 0.25) is 0 Å². The van der Waals surface area contributed by atoms with Crippen molar-refractivity contribution in [1.82, 2.24) is 10.9 Å². The number of nitrogens with one attached hydrogen (secondary N) is 2. The second-order valence-corrected chi connectivity index (χ2v) is 4.48. The molecule has 0 aromatic heterocycles. The molecule has 1 aromatic carbocycles. The fraction of sp³-hybridized carbons (Fsp3) is 0.125. The number of hydrazine groups is 2. The minimum absolute atomic E-state index is 0.00120. The van der Waals surface area contributed by atoms with Gasteiger partial charge in [0, 0.05) is 0 Å². The van der Waals surface area contributed by atoms with Gasteiger partial charge in [-0.15, -0.1) is 4.40 Å². The molecule has 1 aromatic rings. The molecule has 0 fully saturated rings. The van der Waals surface area contributed by atoms with Gasteiger partial charge >= 0.3 is 0 Å². The average molecular weight is 259 g/mol. The van der Waals surface area contributed by atoms with Gasteiger partial charge in [0.15, 0.2) is 0 Å². The Balaban J connectivity index is 3.09. The third-order valence-electron chi connectivity index (χ3n) is 1.84. The van der Waals surface area contributed by atoms with E-state index in [-0.39, 0.29) is 10.9 Å². The Labute approximate surface area is 98.7 Å². The second-order valence-electron chi connectivity index (χ2n) is 2.88. The van der Waals surface area contributed by atoms with E-state index in [0.29, 0.717) is 5.75 Å². The average Bonchev–Trinajstić information content (AvgIpc) is 2.36. The number of benzene rings is 1. The molecule has 8 nitrogen and oxygen atoms in total. The van der Waals surface area contributed by atoms with Gasteiger partial charge in [0.25, 0.3) is 10.0 Å². The highest BCUT2D eigenvalue weighted by molar-refractivity contribution is 7.90. The maximum Gasteiger partial charge on any atom is 0.285 e. The summed E-state index contributed by atoms with van der Waals surface area (Å²) in [5.74, 6) is 10.3. The number of hydrogen-bond donors (Lipinski definition) is 4. The van der Waals surface area contributed by atoms with E-state index in [4.69, 9.17) is 16.4 Å². The van der Waals surface area contributed by atoms with Crippen LogP contribution < -0.4 is 27.3 Å². The lowest BCUT2D eigenvalue weighted by Gasteiger charge is -2.05. The normalized spacial score (nSPS) is 10.5. The van der Waals surface area contributed by atoms with Gasteiger partial charge in [-0.05, 0) is 24.3 Å². The zero-order chi connectivity index (χ0) is 12.9. The van der Waals surface area contributed by atoms with Crippen LogP contribution in [-0.2, 0) is 10.0 Å². The summed E-state index contributed by atoms with van der Waals surface area (Å²) < 4.78 is 31.7. The van der Waals surface area contributed by atoms with Crippen molar-refractivity contribution in [3.8, 4) is 5.75 Å². The summed E-state index contributed by atoms with van der Waals surface area (Å²) >= 11 is 0. The Kier molecular flexibility index (Phi) is 4.26. The quantitative estimate of drug-likeness (QED) is 0.229. The molecule has 0 spiro atoms. The van der Waals surface area contributed by atoms with Crippen LogP contribution in [0, 0.1) is 0 Å². The van der Waals surface area contributed by atoms with Gasteiger partial charge in [-0.3, -0.25) is 10.9 Å². The van der Waals surface area contributed by atoms with Crippen molar-refractivity contribution in [2.75, 3.05) is 7.11 Å². The van der Waals surface area contributed by atoms with Crippen molar-refractivity contribution < 1.29 is 13.2 Å². The zero-order valence-electron chi connectivity index (χ0n) is 9.04. The molecule has 1 rings (SSSR count). The van der Waals surface area contributed by atoms with E-state index in [2.05, 4.69) is 4.40 Å². The predicted octanol–water partition coefficient (Wildman–Crippen LogP) is -1.33. The van der Waals surface area contributed by atoms with Crippen molar-refractivity contribution in [3.05, 3.63) is 24.3 Å². The van der Waals surface area contributed by atoms with E-state index in [9.17, 15) is 8.42 Å². The van der Waals surface area contributed by atoms with Crippen LogP contribution in [0.3, 0.4) is 0 Å². The van der Waals surface area contributed by atoms with Crippen LogP contribution in [0.1, 0.15) is 0 Å². The fourth-order valence-corrected chi connectivity index (χ4v) is 1.95. The third kappa shape index (κ3) is 3.31. The Morgan fingerprint density at radius 3 is 2.18 bits per heavy atom. The number of nitrogens with two attached hydrogens (primary N) is 2. The first-order valence-electron chi connectivity index (χ1n) is 4.45. The SMILES string of the molecule is COc1ccc(S(=O)(=O)N=C(NN)NN)cc1. The van der Waals surface area contributed by atoms with E-state index in [1.807, 2.05) is 10.9 Å². The highest BCUT2D eigenvalue weighted by atomic mass is 32.2. The van der Waals surface area contributed by atoms with Gasteiger partial charge in [-0.2, -0.15) is 8.42 Å². The minimum Gasteiger partial charge on any atom is -0.497 e. The molecule has 0 atom stereocenters. The smallest absolute Gasteiger partial charge is 0.285 e. The standard InChI is InChI=1S/C8H13N5O3S/c1-16-6-2-4-7(5-3-6)17(14,15)13-8(11-9)12-10/h2-5H,9-10H2,1H3,(H2,11,12,13). The highest BCUT2D eigenvalue weighted by Crippen LogP contribution is 2.17. The van der Waals surface area contributed by atoms with Crippen molar-refractivity contribution in [2.24, 2.45) is 16.1 Å². The molecule has 0 aliphatic carbocycles. The molecule has 17 heavy (non-hydrogen) atoms. The summed E-state index contributed by atoms with van der Waals surface area (Å²) in [5.41, 5.74) is 4.02.